The molecule has 0 aromatic carbocycles. The summed E-state index contributed by atoms with van der Waals surface area (Å²) in [4.78, 5) is 37.5. The third kappa shape index (κ3) is 58.3. The average molecular weight is 1050 g/mol. The number of unbranched alkanes of at least 4 members (excludes halogenated alkanes) is 30. The SMILES string of the molecule is CC/C=C\C/C=C\C/C=C\C/C=C\CCCCCCCCCCCCCCCCCCCCC(=O)OC(COC(=O)CCCCCCCCCCC/C=C\C/C=C\CCCCC)COC(OCC[N+](C)(C)C)C(=O)O. The molecule has 0 aliphatic carbocycles. The Morgan fingerprint density at radius 1 is 0.413 bits per heavy atom. The molecule has 0 heterocycles. The van der Waals surface area contributed by atoms with Crippen molar-refractivity contribution in [1.82, 2.24) is 0 Å². The lowest BCUT2D eigenvalue weighted by molar-refractivity contribution is -0.870. The van der Waals surface area contributed by atoms with Gasteiger partial charge < -0.3 is 28.5 Å². The zero-order valence-corrected chi connectivity index (χ0v) is 49.4. The maximum absolute atomic E-state index is 12.9. The minimum absolute atomic E-state index is 0.184. The summed E-state index contributed by atoms with van der Waals surface area (Å²) in [5.41, 5.74) is 0. The molecule has 0 amide bonds. The smallest absolute Gasteiger partial charge is 0.361 e. The summed E-state index contributed by atoms with van der Waals surface area (Å²) in [5.74, 6) is -2.00. The average Bonchev–Trinajstić information content (AvgIpc) is 3.38. The maximum Gasteiger partial charge on any atom is 0.361 e. The van der Waals surface area contributed by atoms with Crippen LogP contribution >= 0.6 is 0 Å². The molecule has 0 aliphatic rings. The fraction of sp³-hybridized carbons (Fsp3) is 0.773. The van der Waals surface area contributed by atoms with Gasteiger partial charge in [-0.1, -0.05) is 247 Å². The normalized spacial score (nSPS) is 13.2. The van der Waals surface area contributed by atoms with Crippen molar-refractivity contribution in [1.29, 1.82) is 0 Å². The molecule has 0 aliphatic heterocycles. The second kappa shape index (κ2) is 56.9. The predicted octanol–water partition coefficient (Wildman–Crippen LogP) is 18.6. The Bertz CT molecular complexity index is 1460. The van der Waals surface area contributed by atoms with Crippen LogP contribution in [0, 0.1) is 0 Å². The Labute approximate surface area is 462 Å². The van der Waals surface area contributed by atoms with Crippen molar-refractivity contribution in [3.05, 3.63) is 72.9 Å². The number of carbonyl (C=O) groups is 3. The van der Waals surface area contributed by atoms with E-state index in [2.05, 4.69) is 86.8 Å². The molecule has 0 rings (SSSR count). The molecule has 0 saturated heterocycles. The van der Waals surface area contributed by atoms with Crippen LogP contribution in [0.15, 0.2) is 72.9 Å². The van der Waals surface area contributed by atoms with E-state index in [1.54, 1.807) is 0 Å². The van der Waals surface area contributed by atoms with Gasteiger partial charge in [-0.15, -0.1) is 0 Å². The molecule has 0 aromatic rings. The number of allylic oxidation sites excluding steroid dienone is 12. The van der Waals surface area contributed by atoms with Crippen LogP contribution in [0.2, 0.25) is 0 Å². The first-order valence-corrected chi connectivity index (χ1v) is 31.1. The van der Waals surface area contributed by atoms with E-state index in [-0.39, 0.29) is 32.2 Å². The Balaban J connectivity index is 4.14. The van der Waals surface area contributed by atoms with E-state index in [0.29, 0.717) is 17.4 Å². The number of likely N-dealkylation sites (N-methyl/N-ethyl adjacent to an activating group) is 1. The predicted molar refractivity (Wildman–Crippen MR) is 318 cm³/mol. The van der Waals surface area contributed by atoms with E-state index in [9.17, 15) is 19.5 Å². The van der Waals surface area contributed by atoms with Crippen LogP contribution in [0.1, 0.15) is 271 Å². The number of hydrogen-bond donors (Lipinski definition) is 1. The number of hydrogen-bond acceptors (Lipinski definition) is 7. The number of quaternary nitrogens is 1. The summed E-state index contributed by atoms with van der Waals surface area (Å²) < 4.78 is 22.9. The molecule has 0 saturated carbocycles. The number of esters is 2. The molecule has 9 nitrogen and oxygen atoms in total. The molecular formula is C66H118NO8+. The van der Waals surface area contributed by atoms with Crippen molar-refractivity contribution in [2.24, 2.45) is 0 Å². The van der Waals surface area contributed by atoms with Crippen molar-refractivity contribution >= 4 is 17.9 Å². The Kier molecular flexibility index (Phi) is 54.4. The van der Waals surface area contributed by atoms with Crippen LogP contribution in [-0.4, -0.2) is 87.4 Å². The molecule has 0 aromatic heterocycles. The quantitative estimate of drug-likeness (QED) is 0.0211. The van der Waals surface area contributed by atoms with Gasteiger partial charge in [-0.3, -0.25) is 9.59 Å². The Morgan fingerprint density at radius 3 is 1.13 bits per heavy atom. The number of aliphatic carboxylic acids is 1. The van der Waals surface area contributed by atoms with E-state index in [1.165, 1.54) is 173 Å². The first-order valence-electron chi connectivity index (χ1n) is 31.1. The van der Waals surface area contributed by atoms with Crippen LogP contribution in [0.5, 0.6) is 0 Å². The van der Waals surface area contributed by atoms with Gasteiger partial charge in [0.05, 0.1) is 34.4 Å². The van der Waals surface area contributed by atoms with Crippen LogP contribution in [0.4, 0.5) is 0 Å². The number of carboxylic acid groups (broad SMARTS) is 1. The molecule has 0 radical (unpaired) electrons. The van der Waals surface area contributed by atoms with E-state index in [1.807, 2.05) is 21.1 Å². The van der Waals surface area contributed by atoms with Crippen LogP contribution < -0.4 is 0 Å². The third-order valence-corrected chi connectivity index (χ3v) is 13.4. The van der Waals surface area contributed by atoms with E-state index in [4.69, 9.17) is 18.9 Å². The molecule has 434 valence electrons. The van der Waals surface area contributed by atoms with Gasteiger partial charge in [0.25, 0.3) is 6.29 Å². The zero-order chi connectivity index (χ0) is 54.8. The highest BCUT2D eigenvalue weighted by Crippen LogP contribution is 2.17. The lowest BCUT2D eigenvalue weighted by atomic mass is 10.0. The van der Waals surface area contributed by atoms with Crippen molar-refractivity contribution in [3.63, 3.8) is 0 Å². The fourth-order valence-electron chi connectivity index (χ4n) is 8.68. The molecule has 2 unspecified atom stereocenters. The third-order valence-electron chi connectivity index (χ3n) is 13.4. The van der Waals surface area contributed by atoms with Gasteiger partial charge in [0.15, 0.2) is 6.10 Å². The number of carboxylic acids is 1. The topological polar surface area (TPSA) is 108 Å². The standard InChI is InChI=1S/C66H117NO8/c1-6-8-10-12-14-16-18-20-22-24-26-27-28-29-30-31-32-33-34-35-36-37-39-41-43-45-47-49-51-53-55-57-64(69)75-62(61-74-66(65(70)71)72-59-58-67(3,4)5)60-73-63(68)56-54-52-50-48-46-44-42-40-38-25-23-21-19-17-15-13-11-9-7-2/h8,10,14-17,20-23,26-27,62,66H,6-7,9,11-13,18-19,24-25,28-61H2,1-5H3/p+1/b10-8-,16-14-,17-15-,22-20-,23-21-,27-26-. The molecular weight excluding hydrogens is 935 g/mol. The molecule has 2 atom stereocenters. The highest BCUT2D eigenvalue weighted by atomic mass is 16.7. The van der Waals surface area contributed by atoms with Crippen molar-refractivity contribution in [2.45, 2.75) is 283 Å². The summed E-state index contributed by atoms with van der Waals surface area (Å²) in [7, 11) is 5.97. The number of nitrogens with zero attached hydrogens (tertiary/aromatic N) is 1. The van der Waals surface area contributed by atoms with E-state index < -0.39 is 24.3 Å². The minimum Gasteiger partial charge on any atom is -0.477 e. The van der Waals surface area contributed by atoms with Crippen LogP contribution in [0.3, 0.4) is 0 Å². The number of ether oxygens (including phenoxy) is 4. The van der Waals surface area contributed by atoms with Gasteiger partial charge in [0.2, 0.25) is 0 Å². The molecule has 75 heavy (non-hydrogen) atoms. The Hall–Kier alpha value is -3.27. The molecule has 1 N–H and O–H groups in total. The minimum atomic E-state index is -1.51. The van der Waals surface area contributed by atoms with Crippen molar-refractivity contribution in [3.8, 4) is 0 Å². The molecule has 0 bridgehead atoms. The summed E-state index contributed by atoms with van der Waals surface area (Å²) >= 11 is 0. The second-order valence-corrected chi connectivity index (χ2v) is 22.0. The lowest BCUT2D eigenvalue weighted by Gasteiger charge is -2.25. The molecule has 9 heteroatoms. The largest absolute Gasteiger partial charge is 0.477 e. The highest BCUT2D eigenvalue weighted by molar-refractivity contribution is 5.71. The fourth-order valence-corrected chi connectivity index (χ4v) is 8.68. The molecule has 0 spiro atoms. The Morgan fingerprint density at radius 2 is 0.760 bits per heavy atom. The highest BCUT2D eigenvalue weighted by Gasteiger charge is 2.25. The first-order chi connectivity index (χ1) is 36.6. The maximum atomic E-state index is 12.9. The van der Waals surface area contributed by atoms with E-state index in [0.717, 1.165) is 70.6 Å². The summed E-state index contributed by atoms with van der Waals surface area (Å²) in [6.07, 6.45) is 71.3. The van der Waals surface area contributed by atoms with E-state index >= 15 is 0 Å². The lowest BCUT2D eigenvalue weighted by Crippen LogP contribution is -2.40. The summed E-state index contributed by atoms with van der Waals surface area (Å²) in [6.45, 7) is 4.76. The van der Waals surface area contributed by atoms with Gasteiger partial charge in [-0.2, -0.15) is 0 Å². The summed E-state index contributed by atoms with van der Waals surface area (Å²) in [5, 5.41) is 9.72. The van der Waals surface area contributed by atoms with Crippen molar-refractivity contribution < 1.29 is 42.9 Å². The second-order valence-electron chi connectivity index (χ2n) is 22.0. The van der Waals surface area contributed by atoms with Crippen LogP contribution in [-0.2, 0) is 33.3 Å². The van der Waals surface area contributed by atoms with Gasteiger partial charge in [-0.25, -0.2) is 4.79 Å². The van der Waals surface area contributed by atoms with Gasteiger partial charge in [-0.05, 0) is 83.5 Å². The monoisotopic (exact) mass is 1050 g/mol. The number of carbonyl (C=O) groups excluding carboxylic acids is 2. The molecule has 0 fully saturated rings. The van der Waals surface area contributed by atoms with Gasteiger partial charge >= 0.3 is 17.9 Å². The zero-order valence-electron chi connectivity index (χ0n) is 49.4. The summed E-state index contributed by atoms with van der Waals surface area (Å²) in [6, 6.07) is 0. The first kappa shape index (κ1) is 71.7. The van der Waals surface area contributed by atoms with Gasteiger partial charge in [0, 0.05) is 12.8 Å². The van der Waals surface area contributed by atoms with Crippen LogP contribution in [0.25, 0.3) is 0 Å². The number of rotatable bonds is 57. The van der Waals surface area contributed by atoms with Crippen molar-refractivity contribution in [2.75, 3.05) is 47.5 Å². The van der Waals surface area contributed by atoms with Gasteiger partial charge in [0.1, 0.15) is 13.2 Å².